The van der Waals surface area contributed by atoms with Gasteiger partial charge < -0.3 is 5.11 Å². The Morgan fingerprint density at radius 3 is 2.37 bits per heavy atom. The number of amides is 2. The highest BCUT2D eigenvalue weighted by atomic mass is 16.4. The summed E-state index contributed by atoms with van der Waals surface area (Å²) in [6.45, 7) is 6.41. The van der Waals surface area contributed by atoms with Crippen LogP contribution in [0.15, 0.2) is 0 Å². The van der Waals surface area contributed by atoms with Crippen LogP contribution in [0, 0.1) is 11.8 Å². The minimum Gasteiger partial charge on any atom is -0.481 e. The van der Waals surface area contributed by atoms with Gasteiger partial charge in [0.15, 0.2) is 0 Å². The second kappa shape index (κ2) is 4.92. The molecule has 0 spiro atoms. The van der Waals surface area contributed by atoms with Crippen molar-refractivity contribution in [3.63, 3.8) is 0 Å². The van der Waals surface area contributed by atoms with Crippen LogP contribution in [0.2, 0.25) is 0 Å². The fourth-order valence-electron chi connectivity index (χ4n) is 3.04. The van der Waals surface area contributed by atoms with E-state index in [1.54, 1.807) is 0 Å². The number of carboxylic acid groups (broad SMARTS) is 1. The first-order chi connectivity index (χ1) is 8.82. The lowest BCUT2D eigenvalue weighted by atomic mass is 9.99. The van der Waals surface area contributed by atoms with Crippen LogP contribution < -0.4 is 0 Å². The van der Waals surface area contributed by atoms with Crippen LogP contribution in [0.1, 0.15) is 27.2 Å². The van der Waals surface area contributed by atoms with Crippen LogP contribution in [0.4, 0.5) is 0 Å². The zero-order valence-corrected chi connectivity index (χ0v) is 11.5. The number of hydrogen-bond donors (Lipinski definition) is 1. The number of hydrogen-bond acceptors (Lipinski definition) is 4. The van der Waals surface area contributed by atoms with Crippen LogP contribution >= 0.6 is 0 Å². The Morgan fingerprint density at radius 1 is 1.32 bits per heavy atom. The van der Waals surface area contributed by atoms with Crippen LogP contribution in [0.3, 0.4) is 0 Å². The van der Waals surface area contributed by atoms with Crippen molar-refractivity contribution < 1.29 is 19.5 Å². The minimum absolute atomic E-state index is 0.00787. The number of carbonyl (C=O) groups excluding carboxylic acids is 2. The quantitative estimate of drug-likeness (QED) is 0.738. The molecule has 1 unspecified atom stereocenters. The molecule has 2 saturated heterocycles. The molecular weight excluding hydrogens is 248 g/mol. The van der Waals surface area contributed by atoms with Gasteiger partial charge in [-0.15, -0.1) is 0 Å². The van der Waals surface area contributed by atoms with Gasteiger partial charge in [0.05, 0.1) is 18.4 Å². The molecule has 0 aromatic rings. The molecule has 19 heavy (non-hydrogen) atoms. The topological polar surface area (TPSA) is 77.9 Å². The highest BCUT2D eigenvalue weighted by molar-refractivity contribution is 6.05. The molecule has 2 amide bonds. The molecule has 106 valence electrons. The zero-order valence-electron chi connectivity index (χ0n) is 11.5. The van der Waals surface area contributed by atoms with Crippen molar-refractivity contribution in [2.24, 2.45) is 11.8 Å². The second-order valence-corrected chi connectivity index (χ2v) is 5.79. The highest BCUT2D eigenvalue weighted by Crippen LogP contribution is 2.29. The molecular formula is C13H20N2O4. The summed E-state index contributed by atoms with van der Waals surface area (Å²) in [5.74, 6) is -1.60. The second-order valence-electron chi connectivity index (χ2n) is 5.79. The molecule has 1 N–H and O–H groups in total. The molecule has 6 heteroatoms. The maximum absolute atomic E-state index is 12.2. The standard InChI is InChI=1S/C13H20N2O4/c1-7(2)15-11(16)4-10(12(15)17)14-5-8(3)9(6-14)13(18)19/h7-10H,4-6H2,1-3H3,(H,18,19)/t8-,9-,10?/m1/s1. The van der Waals surface area contributed by atoms with Crippen LogP contribution in [0.5, 0.6) is 0 Å². The highest BCUT2D eigenvalue weighted by Gasteiger charge is 2.47. The van der Waals surface area contributed by atoms with Gasteiger partial charge in [-0.05, 0) is 19.8 Å². The average Bonchev–Trinajstić information content (AvgIpc) is 2.79. The van der Waals surface area contributed by atoms with Gasteiger partial charge in [-0.2, -0.15) is 0 Å². The lowest BCUT2D eigenvalue weighted by molar-refractivity contribution is -0.144. The van der Waals surface area contributed by atoms with E-state index < -0.39 is 17.9 Å². The van der Waals surface area contributed by atoms with E-state index in [0.717, 1.165) is 0 Å². The van der Waals surface area contributed by atoms with Gasteiger partial charge in [0, 0.05) is 19.1 Å². The first-order valence-corrected chi connectivity index (χ1v) is 6.65. The molecule has 0 aromatic heterocycles. The fraction of sp³-hybridized carbons (Fsp3) is 0.769. The van der Waals surface area contributed by atoms with Crippen LogP contribution in [0.25, 0.3) is 0 Å². The molecule has 0 bridgehead atoms. The molecule has 2 rings (SSSR count). The van der Waals surface area contributed by atoms with Crippen molar-refractivity contribution in [1.82, 2.24) is 9.80 Å². The lowest BCUT2D eigenvalue weighted by Crippen LogP contribution is -2.43. The van der Waals surface area contributed by atoms with E-state index in [4.69, 9.17) is 5.11 Å². The average molecular weight is 268 g/mol. The number of carboxylic acids is 1. The van der Waals surface area contributed by atoms with Crippen LogP contribution in [-0.4, -0.2) is 57.9 Å². The molecule has 2 fully saturated rings. The maximum atomic E-state index is 12.2. The zero-order chi connectivity index (χ0) is 14.3. The van der Waals surface area contributed by atoms with Gasteiger partial charge in [-0.1, -0.05) is 6.92 Å². The van der Waals surface area contributed by atoms with Crippen molar-refractivity contribution in [3.8, 4) is 0 Å². The third kappa shape index (κ3) is 2.36. The third-order valence-corrected chi connectivity index (χ3v) is 4.07. The Kier molecular flexibility index (Phi) is 3.62. The minimum atomic E-state index is -0.826. The third-order valence-electron chi connectivity index (χ3n) is 4.07. The van der Waals surface area contributed by atoms with Crippen molar-refractivity contribution in [3.05, 3.63) is 0 Å². The van der Waals surface area contributed by atoms with Gasteiger partial charge in [-0.25, -0.2) is 0 Å². The molecule has 0 radical (unpaired) electrons. The molecule has 2 heterocycles. The molecule has 0 saturated carbocycles. The van der Waals surface area contributed by atoms with Gasteiger partial charge in [0.25, 0.3) is 0 Å². The number of aliphatic carboxylic acids is 1. The summed E-state index contributed by atoms with van der Waals surface area (Å²) in [5.41, 5.74) is 0. The van der Waals surface area contributed by atoms with E-state index in [1.165, 1.54) is 4.90 Å². The molecule has 2 aliphatic heterocycles. The van der Waals surface area contributed by atoms with E-state index in [1.807, 2.05) is 25.7 Å². The summed E-state index contributed by atoms with van der Waals surface area (Å²) in [6, 6.07) is -0.609. The Hall–Kier alpha value is -1.43. The van der Waals surface area contributed by atoms with E-state index in [9.17, 15) is 14.4 Å². The van der Waals surface area contributed by atoms with E-state index in [-0.39, 0.29) is 30.2 Å². The molecule has 6 nitrogen and oxygen atoms in total. The molecule has 3 atom stereocenters. The maximum Gasteiger partial charge on any atom is 0.308 e. The summed E-state index contributed by atoms with van der Waals surface area (Å²) in [4.78, 5) is 38.3. The Bertz CT molecular complexity index is 421. The monoisotopic (exact) mass is 268 g/mol. The van der Waals surface area contributed by atoms with Crippen molar-refractivity contribution in [1.29, 1.82) is 0 Å². The van der Waals surface area contributed by atoms with E-state index in [0.29, 0.717) is 13.1 Å². The number of rotatable bonds is 3. The molecule has 0 aromatic carbocycles. The summed E-state index contributed by atoms with van der Waals surface area (Å²) in [7, 11) is 0. The predicted octanol–water partition coefficient (Wildman–Crippen LogP) is 0.175. The van der Waals surface area contributed by atoms with E-state index >= 15 is 0 Å². The van der Waals surface area contributed by atoms with Gasteiger partial charge >= 0.3 is 5.97 Å². The van der Waals surface area contributed by atoms with E-state index in [2.05, 4.69) is 0 Å². The Morgan fingerprint density at radius 2 is 1.95 bits per heavy atom. The molecule has 0 aliphatic carbocycles. The van der Waals surface area contributed by atoms with Gasteiger partial charge in [-0.3, -0.25) is 24.2 Å². The largest absolute Gasteiger partial charge is 0.481 e. The number of carbonyl (C=O) groups is 3. The fourth-order valence-corrected chi connectivity index (χ4v) is 3.04. The van der Waals surface area contributed by atoms with Crippen molar-refractivity contribution in [2.45, 2.75) is 39.3 Å². The Labute approximate surface area is 112 Å². The van der Waals surface area contributed by atoms with Crippen LogP contribution in [-0.2, 0) is 14.4 Å². The van der Waals surface area contributed by atoms with Gasteiger partial charge in [0.2, 0.25) is 11.8 Å². The number of nitrogens with zero attached hydrogens (tertiary/aromatic N) is 2. The lowest BCUT2D eigenvalue weighted by Gasteiger charge is -2.23. The number of likely N-dealkylation sites (tertiary alicyclic amines) is 2. The summed E-state index contributed by atoms with van der Waals surface area (Å²) >= 11 is 0. The Balaban J connectivity index is 2.11. The van der Waals surface area contributed by atoms with Crippen molar-refractivity contribution >= 4 is 17.8 Å². The predicted molar refractivity (Wildman–Crippen MR) is 67.3 cm³/mol. The normalized spacial score (nSPS) is 32.6. The van der Waals surface area contributed by atoms with Gasteiger partial charge in [0.1, 0.15) is 0 Å². The first-order valence-electron chi connectivity index (χ1n) is 6.65. The summed E-state index contributed by atoms with van der Waals surface area (Å²) < 4.78 is 0. The molecule has 2 aliphatic rings. The van der Waals surface area contributed by atoms with Crippen molar-refractivity contribution in [2.75, 3.05) is 13.1 Å². The summed E-state index contributed by atoms with van der Waals surface area (Å²) in [6.07, 6.45) is 0.177. The summed E-state index contributed by atoms with van der Waals surface area (Å²) in [5, 5.41) is 9.11. The SMILES string of the molecule is CC(C)N1C(=O)CC(N2C[C@@H](C)[C@H](C(=O)O)C2)C1=O. The smallest absolute Gasteiger partial charge is 0.308 e. The first kappa shape index (κ1) is 14.0. The number of imide groups is 1.